The van der Waals surface area contributed by atoms with E-state index >= 15 is 0 Å². The zero-order chi connectivity index (χ0) is 22.2. The molecular weight excluding hydrogens is 440 g/mol. The van der Waals surface area contributed by atoms with Gasteiger partial charge in [-0.2, -0.15) is 4.98 Å². The fraction of sp³-hybridized carbons (Fsp3) is 0.0952. The Balaban J connectivity index is 1.84. The quantitative estimate of drug-likeness (QED) is 0.455. The molecule has 0 atom stereocenters. The summed E-state index contributed by atoms with van der Waals surface area (Å²) in [4.78, 5) is 19.5. The molecule has 2 aromatic carbocycles. The van der Waals surface area contributed by atoms with E-state index in [1.165, 1.54) is 6.20 Å². The lowest BCUT2D eigenvalue weighted by Crippen LogP contribution is -2.13. The highest BCUT2D eigenvalue weighted by atomic mass is 35.5. The highest BCUT2D eigenvalue weighted by Crippen LogP contribution is 2.30. The molecule has 8 nitrogen and oxygen atoms in total. The maximum atomic E-state index is 13.2. The Morgan fingerprint density at radius 2 is 1.87 bits per heavy atom. The number of nitrogens with zero attached hydrogens (tertiary/aromatic N) is 3. The maximum absolute atomic E-state index is 13.2. The van der Waals surface area contributed by atoms with E-state index in [9.17, 15) is 13.2 Å². The van der Waals surface area contributed by atoms with Gasteiger partial charge in [-0.3, -0.25) is 0 Å². The minimum atomic E-state index is -3.88. The van der Waals surface area contributed by atoms with Gasteiger partial charge < -0.3 is 10.5 Å². The smallest absolute Gasteiger partial charge is 0.404 e. The second-order valence-electron chi connectivity index (χ2n) is 6.82. The summed E-state index contributed by atoms with van der Waals surface area (Å²) in [7, 11) is -3.88. The first kappa shape index (κ1) is 20.8. The lowest BCUT2D eigenvalue weighted by atomic mass is 10.1. The fourth-order valence-corrected chi connectivity index (χ4v) is 4.63. The van der Waals surface area contributed by atoms with Gasteiger partial charge in [-0.1, -0.05) is 35.9 Å². The molecule has 0 saturated carbocycles. The average molecular weight is 457 g/mol. The molecule has 4 rings (SSSR count). The van der Waals surface area contributed by atoms with Crippen LogP contribution in [0.25, 0.3) is 22.3 Å². The number of rotatable bonds is 5. The number of carbonyl (C=O) groups is 1. The number of aryl methyl sites for hydroxylation is 1. The fourth-order valence-electron chi connectivity index (χ4n) is 3.17. The highest BCUT2D eigenvalue weighted by Gasteiger charge is 2.22. The normalized spacial score (nSPS) is 11.5. The zero-order valence-corrected chi connectivity index (χ0v) is 17.9. The van der Waals surface area contributed by atoms with E-state index in [1.807, 2.05) is 6.92 Å². The number of amides is 1. The van der Waals surface area contributed by atoms with Crippen molar-refractivity contribution < 1.29 is 17.9 Å². The van der Waals surface area contributed by atoms with Gasteiger partial charge >= 0.3 is 6.09 Å². The summed E-state index contributed by atoms with van der Waals surface area (Å²) in [5.74, 6) is 0. The molecule has 1 amide bonds. The monoisotopic (exact) mass is 456 g/mol. The van der Waals surface area contributed by atoms with Crippen molar-refractivity contribution in [3.05, 3.63) is 77.2 Å². The van der Waals surface area contributed by atoms with Crippen LogP contribution in [0.4, 0.5) is 4.79 Å². The number of ether oxygens (including phenoxy) is 1. The molecule has 0 aliphatic heterocycles. The molecule has 0 unspecified atom stereocenters. The third-order valence-electron chi connectivity index (χ3n) is 4.64. The summed E-state index contributed by atoms with van der Waals surface area (Å²) in [5, 5.41) is 0.411. The number of hydrogen-bond donors (Lipinski definition) is 1. The third kappa shape index (κ3) is 4.10. The Kier molecular flexibility index (Phi) is 5.38. The van der Waals surface area contributed by atoms with E-state index in [1.54, 1.807) is 54.6 Å². The first-order valence-corrected chi connectivity index (χ1v) is 11.0. The number of nitrogens with two attached hydrogens (primary N) is 1. The number of halogens is 1. The van der Waals surface area contributed by atoms with Crippen LogP contribution in [-0.2, 0) is 21.4 Å². The molecule has 10 heteroatoms. The molecule has 158 valence electrons. The summed E-state index contributed by atoms with van der Waals surface area (Å²) < 4.78 is 32.3. The second-order valence-corrected chi connectivity index (χ2v) is 8.97. The largest absolute Gasteiger partial charge is 0.445 e. The summed E-state index contributed by atoms with van der Waals surface area (Å²) in [6, 6.07) is 15.2. The van der Waals surface area contributed by atoms with Crippen LogP contribution in [0.15, 0.2) is 65.7 Å². The van der Waals surface area contributed by atoms with Crippen molar-refractivity contribution in [2.75, 3.05) is 0 Å². The molecule has 2 heterocycles. The molecule has 0 aliphatic carbocycles. The molecule has 0 fully saturated rings. The Morgan fingerprint density at radius 1 is 1.13 bits per heavy atom. The lowest BCUT2D eigenvalue weighted by molar-refractivity contribution is 0.150. The Labute approximate surface area is 183 Å². The topological polar surface area (TPSA) is 117 Å². The van der Waals surface area contributed by atoms with Crippen molar-refractivity contribution >= 4 is 38.8 Å². The van der Waals surface area contributed by atoms with Gasteiger partial charge in [-0.15, -0.1) is 0 Å². The van der Waals surface area contributed by atoms with Crippen LogP contribution in [0.5, 0.6) is 0 Å². The zero-order valence-electron chi connectivity index (χ0n) is 16.3. The van der Waals surface area contributed by atoms with Crippen molar-refractivity contribution in [3.63, 3.8) is 0 Å². The van der Waals surface area contributed by atoms with Crippen LogP contribution >= 0.6 is 11.6 Å². The predicted octanol–water partition coefficient (Wildman–Crippen LogP) is 3.89. The van der Waals surface area contributed by atoms with E-state index in [0.29, 0.717) is 22.2 Å². The second kappa shape index (κ2) is 8.01. The molecule has 0 bridgehead atoms. The number of aromatic nitrogens is 3. The summed E-state index contributed by atoms with van der Waals surface area (Å²) >= 11 is 6.15. The lowest BCUT2D eigenvalue weighted by Gasteiger charge is -2.09. The third-order valence-corrected chi connectivity index (χ3v) is 6.49. The van der Waals surface area contributed by atoms with Gasteiger partial charge in [0.2, 0.25) is 5.28 Å². The van der Waals surface area contributed by atoms with Crippen LogP contribution in [-0.4, -0.2) is 28.5 Å². The summed E-state index contributed by atoms with van der Waals surface area (Å²) in [6.45, 7) is 1.87. The van der Waals surface area contributed by atoms with E-state index in [2.05, 4.69) is 9.97 Å². The number of carbonyl (C=O) groups excluding carboxylic acids is 1. The van der Waals surface area contributed by atoms with E-state index in [4.69, 9.17) is 22.1 Å². The molecule has 0 aliphatic rings. The van der Waals surface area contributed by atoms with Crippen molar-refractivity contribution in [3.8, 4) is 11.3 Å². The number of hydrogen-bond acceptors (Lipinski definition) is 6. The van der Waals surface area contributed by atoms with Gasteiger partial charge in [0.1, 0.15) is 6.61 Å². The maximum Gasteiger partial charge on any atom is 0.404 e. The van der Waals surface area contributed by atoms with Crippen LogP contribution < -0.4 is 5.73 Å². The molecule has 0 radical (unpaired) electrons. The van der Waals surface area contributed by atoms with E-state index in [-0.39, 0.29) is 22.4 Å². The van der Waals surface area contributed by atoms with Crippen LogP contribution in [0.3, 0.4) is 0 Å². The number of fused-ring (bicyclic) bond motifs is 1. The van der Waals surface area contributed by atoms with Crippen molar-refractivity contribution in [2.24, 2.45) is 5.73 Å². The summed E-state index contributed by atoms with van der Waals surface area (Å²) in [5.41, 5.74) is 7.93. The van der Waals surface area contributed by atoms with Crippen LogP contribution in [0.2, 0.25) is 5.28 Å². The summed E-state index contributed by atoms with van der Waals surface area (Å²) in [6.07, 6.45) is 0.547. The van der Waals surface area contributed by atoms with Crippen molar-refractivity contribution in [1.82, 2.24) is 13.9 Å². The van der Waals surface area contributed by atoms with Crippen molar-refractivity contribution in [2.45, 2.75) is 18.4 Å². The van der Waals surface area contributed by atoms with E-state index in [0.717, 1.165) is 9.54 Å². The standard InChI is InChI=1S/C21H17ClN4O4S/c1-13-5-7-16(8-6-13)31(28,29)26-10-9-17-18(24-20(22)25-19(17)26)15-4-2-3-14(11-15)12-30-21(23)27/h2-11H,12H2,1H3,(H2,23,27). The Morgan fingerprint density at radius 3 is 2.58 bits per heavy atom. The number of benzene rings is 2. The molecule has 2 aromatic heterocycles. The number of primary amides is 1. The molecule has 31 heavy (non-hydrogen) atoms. The van der Waals surface area contributed by atoms with Gasteiger partial charge in [0.15, 0.2) is 5.65 Å². The molecule has 0 spiro atoms. The van der Waals surface area contributed by atoms with Gasteiger partial charge in [-0.05, 0) is 48.4 Å². The molecule has 4 aromatic rings. The predicted molar refractivity (Wildman–Crippen MR) is 116 cm³/mol. The van der Waals surface area contributed by atoms with Gasteiger partial charge in [0.25, 0.3) is 10.0 Å². The van der Waals surface area contributed by atoms with E-state index < -0.39 is 16.1 Å². The highest BCUT2D eigenvalue weighted by molar-refractivity contribution is 7.90. The minimum Gasteiger partial charge on any atom is -0.445 e. The van der Waals surface area contributed by atoms with Crippen LogP contribution in [0.1, 0.15) is 11.1 Å². The Bertz CT molecular complexity index is 1400. The first-order chi connectivity index (χ1) is 14.8. The Hall–Kier alpha value is -3.43. The van der Waals surface area contributed by atoms with Crippen molar-refractivity contribution in [1.29, 1.82) is 0 Å². The van der Waals surface area contributed by atoms with Gasteiger partial charge in [-0.25, -0.2) is 22.2 Å². The SMILES string of the molecule is Cc1ccc(S(=O)(=O)n2ccc3c(-c4cccc(COC(N)=O)c4)nc(Cl)nc32)cc1. The van der Waals surface area contributed by atoms with Crippen LogP contribution in [0, 0.1) is 6.92 Å². The average Bonchev–Trinajstić information content (AvgIpc) is 3.16. The first-order valence-electron chi connectivity index (χ1n) is 9.14. The molecular formula is C21H17ClN4O4S. The van der Waals surface area contributed by atoms with Gasteiger partial charge in [0.05, 0.1) is 10.6 Å². The molecule has 0 saturated heterocycles. The molecule has 2 N–H and O–H groups in total. The van der Waals surface area contributed by atoms with Gasteiger partial charge in [0, 0.05) is 17.1 Å². The minimum absolute atomic E-state index is 0.00600.